The summed E-state index contributed by atoms with van der Waals surface area (Å²) >= 11 is 4.77. The molecule has 0 aromatic carbocycles. The van der Waals surface area contributed by atoms with Gasteiger partial charge < -0.3 is 10.3 Å². The molecule has 4 rings (SSSR count). The monoisotopic (exact) mass is 457 g/mol. The minimum Gasteiger partial charge on any atom is -0.355 e. The number of nitrogens with zero attached hydrogens (tertiary/aromatic N) is 3. The second kappa shape index (κ2) is 9.63. The minimum absolute atomic E-state index is 0.0140. The van der Waals surface area contributed by atoms with Crippen molar-refractivity contribution in [2.75, 3.05) is 12.3 Å². The van der Waals surface area contributed by atoms with Gasteiger partial charge in [-0.15, -0.1) is 22.7 Å². The molecule has 0 aliphatic carbocycles. The van der Waals surface area contributed by atoms with Crippen LogP contribution in [-0.2, 0) is 11.3 Å². The Morgan fingerprint density at radius 1 is 1.20 bits per heavy atom. The van der Waals surface area contributed by atoms with Crippen LogP contribution in [0.3, 0.4) is 0 Å². The molecule has 156 valence electrons. The standard InChI is InChI=1S/C21H23N5OS3/c1-14-12-15(2)26(25-14)9-5-8-22-18(27)13-30-21-23-19(16-6-3-10-28-16)20(24-21)17-7-4-11-29-17/h3-4,6-7,10-12H,5,8-9,13H2,1-2H3,(H,22,27)(H,23,24). The summed E-state index contributed by atoms with van der Waals surface area (Å²) in [4.78, 5) is 22.7. The van der Waals surface area contributed by atoms with Crippen LogP contribution < -0.4 is 5.32 Å². The Morgan fingerprint density at radius 2 is 1.97 bits per heavy atom. The van der Waals surface area contributed by atoms with Crippen molar-refractivity contribution < 1.29 is 4.79 Å². The van der Waals surface area contributed by atoms with Gasteiger partial charge in [0.25, 0.3) is 0 Å². The van der Waals surface area contributed by atoms with Gasteiger partial charge in [0.2, 0.25) is 5.91 Å². The zero-order valence-corrected chi connectivity index (χ0v) is 19.3. The van der Waals surface area contributed by atoms with E-state index in [0.717, 1.165) is 50.7 Å². The van der Waals surface area contributed by atoms with Gasteiger partial charge in [0.1, 0.15) is 5.69 Å². The smallest absolute Gasteiger partial charge is 0.230 e. The third-order valence-corrected chi connectivity index (χ3v) is 7.15. The maximum absolute atomic E-state index is 12.3. The van der Waals surface area contributed by atoms with Crippen LogP contribution in [0.5, 0.6) is 0 Å². The molecule has 0 aliphatic heterocycles. The number of nitrogens with one attached hydrogen (secondary N) is 2. The minimum atomic E-state index is 0.0140. The molecule has 4 heterocycles. The Bertz CT molecular complexity index is 1040. The number of hydrogen-bond acceptors (Lipinski definition) is 6. The summed E-state index contributed by atoms with van der Waals surface area (Å²) < 4.78 is 1.98. The lowest BCUT2D eigenvalue weighted by Gasteiger charge is -2.06. The number of thioether (sulfide) groups is 1. The van der Waals surface area contributed by atoms with Crippen LogP contribution in [0.2, 0.25) is 0 Å². The van der Waals surface area contributed by atoms with E-state index in [4.69, 9.17) is 4.98 Å². The van der Waals surface area contributed by atoms with Crippen LogP contribution >= 0.6 is 34.4 Å². The van der Waals surface area contributed by atoms with Gasteiger partial charge >= 0.3 is 0 Å². The van der Waals surface area contributed by atoms with Crippen LogP contribution in [0.25, 0.3) is 21.1 Å². The molecule has 0 saturated heterocycles. The maximum Gasteiger partial charge on any atom is 0.230 e. The van der Waals surface area contributed by atoms with Crippen molar-refractivity contribution in [2.24, 2.45) is 0 Å². The first-order valence-electron chi connectivity index (χ1n) is 9.68. The fourth-order valence-electron chi connectivity index (χ4n) is 3.15. The molecule has 0 radical (unpaired) electrons. The fraction of sp³-hybridized carbons (Fsp3) is 0.286. The van der Waals surface area contributed by atoms with Gasteiger partial charge in [-0.05, 0) is 49.2 Å². The maximum atomic E-state index is 12.3. The lowest BCUT2D eigenvalue weighted by molar-refractivity contribution is -0.118. The zero-order valence-electron chi connectivity index (χ0n) is 16.8. The predicted octanol–water partition coefficient (Wildman–Crippen LogP) is 4.98. The van der Waals surface area contributed by atoms with Gasteiger partial charge in [-0.25, -0.2) is 4.98 Å². The van der Waals surface area contributed by atoms with Crippen LogP contribution in [0, 0.1) is 13.8 Å². The van der Waals surface area contributed by atoms with Crippen LogP contribution in [0.1, 0.15) is 17.8 Å². The van der Waals surface area contributed by atoms with Gasteiger partial charge in [0.15, 0.2) is 5.16 Å². The van der Waals surface area contributed by atoms with E-state index in [2.05, 4.69) is 44.4 Å². The van der Waals surface area contributed by atoms with E-state index < -0.39 is 0 Å². The first-order valence-corrected chi connectivity index (χ1v) is 12.4. The Morgan fingerprint density at radius 3 is 2.63 bits per heavy atom. The highest BCUT2D eigenvalue weighted by atomic mass is 32.2. The lowest BCUT2D eigenvalue weighted by Crippen LogP contribution is -2.27. The number of imidazole rings is 1. The molecule has 4 aromatic rings. The number of rotatable bonds is 9. The van der Waals surface area contributed by atoms with Crippen molar-refractivity contribution in [3.63, 3.8) is 0 Å². The molecule has 1 amide bonds. The van der Waals surface area contributed by atoms with Crippen molar-refractivity contribution in [1.82, 2.24) is 25.1 Å². The molecule has 30 heavy (non-hydrogen) atoms. The van der Waals surface area contributed by atoms with E-state index >= 15 is 0 Å². The van der Waals surface area contributed by atoms with Gasteiger partial charge in [-0.1, -0.05) is 23.9 Å². The summed E-state index contributed by atoms with van der Waals surface area (Å²) in [7, 11) is 0. The van der Waals surface area contributed by atoms with Crippen molar-refractivity contribution in [1.29, 1.82) is 0 Å². The third kappa shape index (κ3) is 5.03. The average molecular weight is 458 g/mol. The number of thiophene rings is 2. The normalized spacial score (nSPS) is 11.1. The van der Waals surface area contributed by atoms with Crippen LogP contribution in [0.4, 0.5) is 0 Å². The Kier molecular flexibility index (Phi) is 6.71. The average Bonchev–Trinajstić information content (AvgIpc) is 3.50. The van der Waals surface area contributed by atoms with Crippen LogP contribution in [-0.4, -0.2) is 38.0 Å². The Hall–Kier alpha value is -2.36. The molecule has 9 heteroatoms. The highest BCUT2D eigenvalue weighted by Gasteiger charge is 2.16. The number of hydrogen-bond donors (Lipinski definition) is 2. The molecule has 0 spiro atoms. The summed E-state index contributed by atoms with van der Waals surface area (Å²) in [5.74, 6) is 0.348. The van der Waals surface area contributed by atoms with Crippen molar-refractivity contribution >= 4 is 40.3 Å². The zero-order chi connectivity index (χ0) is 20.9. The molecular weight excluding hydrogens is 434 g/mol. The first kappa shape index (κ1) is 20.9. The molecule has 0 fully saturated rings. The number of amides is 1. The SMILES string of the molecule is Cc1cc(C)n(CCCNC(=O)CSc2nc(-c3cccs3)c(-c3cccs3)[nH]2)n1. The topological polar surface area (TPSA) is 75.6 Å². The molecule has 0 bridgehead atoms. The van der Waals surface area contributed by atoms with Gasteiger partial charge in [-0.3, -0.25) is 9.48 Å². The highest BCUT2D eigenvalue weighted by molar-refractivity contribution is 7.99. The van der Waals surface area contributed by atoms with Crippen molar-refractivity contribution in [2.45, 2.75) is 32.0 Å². The number of carbonyl (C=O) groups excluding carboxylic acids is 1. The Labute approximate surface area is 187 Å². The van der Waals surface area contributed by atoms with Crippen molar-refractivity contribution in [3.8, 4) is 21.1 Å². The van der Waals surface area contributed by atoms with Crippen LogP contribution in [0.15, 0.2) is 46.2 Å². The molecule has 6 nitrogen and oxygen atoms in total. The molecular formula is C21H23N5OS3. The highest BCUT2D eigenvalue weighted by Crippen LogP contribution is 2.36. The summed E-state index contributed by atoms with van der Waals surface area (Å²) in [5.41, 5.74) is 4.13. The second-order valence-corrected chi connectivity index (χ2v) is 9.72. The second-order valence-electron chi connectivity index (χ2n) is 6.86. The molecule has 4 aromatic heterocycles. The van der Waals surface area contributed by atoms with E-state index in [9.17, 15) is 4.79 Å². The van der Waals surface area contributed by atoms with Gasteiger partial charge in [0.05, 0.1) is 26.9 Å². The summed E-state index contributed by atoms with van der Waals surface area (Å²) in [6.45, 7) is 5.48. The van der Waals surface area contributed by atoms with E-state index in [-0.39, 0.29) is 5.91 Å². The summed E-state index contributed by atoms with van der Waals surface area (Å²) in [6.07, 6.45) is 0.851. The Balaban J connectivity index is 1.31. The molecule has 2 N–H and O–H groups in total. The van der Waals surface area contributed by atoms with E-state index in [1.807, 2.05) is 30.7 Å². The van der Waals surface area contributed by atoms with E-state index in [1.165, 1.54) is 11.8 Å². The largest absolute Gasteiger partial charge is 0.355 e. The quantitative estimate of drug-likeness (QED) is 0.275. The number of carbonyl (C=O) groups is 1. The predicted molar refractivity (Wildman–Crippen MR) is 125 cm³/mol. The van der Waals surface area contributed by atoms with Crippen molar-refractivity contribution in [3.05, 3.63) is 52.5 Å². The van der Waals surface area contributed by atoms with E-state index in [0.29, 0.717) is 12.3 Å². The van der Waals surface area contributed by atoms with E-state index in [1.54, 1.807) is 22.7 Å². The lowest BCUT2D eigenvalue weighted by atomic mass is 10.2. The molecule has 0 unspecified atom stereocenters. The number of aryl methyl sites for hydroxylation is 3. The van der Waals surface area contributed by atoms with Gasteiger partial charge in [-0.2, -0.15) is 5.10 Å². The van der Waals surface area contributed by atoms with Gasteiger partial charge in [0, 0.05) is 18.8 Å². The fourth-order valence-corrected chi connectivity index (χ4v) is 5.30. The molecule has 0 atom stereocenters. The number of aromatic amines is 1. The number of aromatic nitrogens is 4. The number of H-pyrrole nitrogens is 1. The summed E-state index contributed by atoms with van der Waals surface area (Å²) in [6, 6.07) is 10.3. The third-order valence-electron chi connectivity index (χ3n) is 4.52. The first-order chi connectivity index (χ1) is 14.6. The summed E-state index contributed by atoms with van der Waals surface area (Å²) in [5, 5.41) is 12.3. The molecule has 0 saturated carbocycles. The molecule has 0 aliphatic rings.